The van der Waals surface area contributed by atoms with Crippen LogP contribution < -0.4 is 16.0 Å². The maximum absolute atomic E-state index is 12.8. The highest BCUT2D eigenvalue weighted by molar-refractivity contribution is 5.97. The van der Waals surface area contributed by atoms with E-state index in [4.69, 9.17) is 4.74 Å². The van der Waals surface area contributed by atoms with Gasteiger partial charge in [0.2, 0.25) is 17.6 Å². The molecule has 1 aromatic carbocycles. The molecule has 3 heterocycles. The normalized spacial score (nSPS) is 13.3. The largest absolute Gasteiger partial charge is 0.444 e. The van der Waals surface area contributed by atoms with E-state index in [1.54, 1.807) is 48.3 Å². The van der Waals surface area contributed by atoms with E-state index >= 15 is 0 Å². The van der Waals surface area contributed by atoms with Gasteiger partial charge in [0.15, 0.2) is 0 Å². The molecule has 41 heavy (non-hydrogen) atoms. The number of nitrogens with zero attached hydrogens (tertiary/aromatic N) is 4. The number of rotatable bonds is 8. The molecule has 3 aromatic rings. The Hall–Kier alpha value is -4.35. The Labute approximate surface area is 240 Å². The minimum Gasteiger partial charge on any atom is -0.444 e. The average Bonchev–Trinajstić information content (AvgIpc) is 2.90. The average molecular weight is 561 g/mol. The van der Waals surface area contributed by atoms with Crippen LogP contribution in [0.15, 0.2) is 55.3 Å². The number of carbonyl (C=O) groups excluding carboxylic acids is 2. The molecule has 0 bridgehead atoms. The second kappa shape index (κ2) is 12.0. The zero-order valence-corrected chi connectivity index (χ0v) is 24.2. The van der Waals surface area contributed by atoms with Crippen LogP contribution in [0, 0.1) is 0 Å². The molecule has 4 rings (SSSR count). The van der Waals surface area contributed by atoms with Crippen molar-refractivity contribution in [1.82, 2.24) is 25.2 Å². The van der Waals surface area contributed by atoms with E-state index in [1.807, 2.05) is 39.0 Å². The molecule has 216 valence electrons. The third kappa shape index (κ3) is 7.86. The van der Waals surface area contributed by atoms with Gasteiger partial charge in [0, 0.05) is 31.4 Å². The molecule has 0 unspecified atom stereocenters. The van der Waals surface area contributed by atoms with E-state index in [-0.39, 0.29) is 17.6 Å². The van der Waals surface area contributed by atoms with Gasteiger partial charge < -0.3 is 25.4 Å². The number of amides is 2. The predicted octanol–water partition coefficient (Wildman–Crippen LogP) is 3.58. The fourth-order valence-corrected chi connectivity index (χ4v) is 4.26. The SMILES string of the molecule is C=CCNC(=O)c1cnc(Nc2ccc3c(c2)CCN(C(=O)OC(C)(C)C)C3)nc1[NH2+]c1cccc(C(C)(C)O)n1. The highest BCUT2D eigenvalue weighted by Gasteiger charge is 2.26. The van der Waals surface area contributed by atoms with Crippen molar-refractivity contribution in [3.05, 3.63) is 77.6 Å². The molecule has 11 heteroatoms. The van der Waals surface area contributed by atoms with E-state index in [0.717, 1.165) is 16.8 Å². The Morgan fingerprint density at radius 3 is 2.63 bits per heavy atom. The maximum atomic E-state index is 12.8. The Balaban J connectivity index is 1.56. The zero-order chi connectivity index (χ0) is 29.8. The number of nitrogens with one attached hydrogen (secondary N) is 2. The Bertz CT molecular complexity index is 1440. The summed E-state index contributed by atoms with van der Waals surface area (Å²) in [5.74, 6) is 0.872. The summed E-state index contributed by atoms with van der Waals surface area (Å²) in [6.45, 7) is 13.9. The third-order valence-corrected chi connectivity index (χ3v) is 6.28. The first-order chi connectivity index (χ1) is 19.3. The van der Waals surface area contributed by atoms with Gasteiger partial charge in [-0.1, -0.05) is 18.2 Å². The Morgan fingerprint density at radius 2 is 1.93 bits per heavy atom. The fourth-order valence-electron chi connectivity index (χ4n) is 4.26. The zero-order valence-electron chi connectivity index (χ0n) is 24.2. The number of aliphatic hydroxyl groups is 1. The second-order valence-electron chi connectivity index (χ2n) is 11.4. The van der Waals surface area contributed by atoms with Gasteiger partial charge in [-0.25, -0.2) is 15.1 Å². The van der Waals surface area contributed by atoms with Crippen LogP contribution in [0.25, 0.3) is 0 Å². The number of nitrogens with two attached hydrogens (primary N) is 1. The van der Waals surface area contributed by atoms with Gasteiger partial charge in [-0.3, -0.25) is 4.79 Å². The topological polar surface area (TPSA) is 146 Å². The molecule has 0 atom stereocenters. The van der Waals surface area contributed by atoms with Crippen LogP contribution in [0.5, 0.6) is 0 Å². The number of pyridine rings is 1. The number of anilines is 2. The van der Waals surface area contributed by atoms with Gasteiger partial charge in [-0.05, 0) is 70.4 Å². The van der Waals surface area contributed by atoms with Crippen molar-refractivity contribution in [2.24, 2.45) is 0 Å². The number of ether oxygens (including phenoxy) is 1. The van der Waals surface area contributed by atoms with E-state index in [0.29, 0.717) is 49.3 Å². The standard InChI is InChI=1S/C30H37N7O4/c1-7-14-31-26(38)22-17-32-27(36-25(22)35-24-10-8-9-23(34-24)30(5,6)40)33-21-12-11-20-18-37(15-13-19(20)16-21)28(39)41-29(2,3)4/h7-12,16-17,40H,1,13-15,18H2,2-6H3,(H,31,38)(H2,32,33,34,35,36)/p+1. The molecular formula is C30H38N7O4+. The van der Waals surface area contributed by atoms with Crippen molar-refractivity contribution in [1.29, 1.82) is 0 Å². The molecule has 0 fully saturated rings. The van der Waals surface area contributed by atoms with Gasteiger partial charge in [0.1, 0.15) is 16.8 Å². The number of hydrogen-bond donors (Lipinski definition) is 4. The van der Waals surface area contributed by atoms with Crippen LogP contribution in [0.3, 0.4) is 0 Å². The van der Waals surface area contributed by atoms with Gasteiger partial charge >= 0.3 is 6.09 Å². The summed E-state index contributed by atoms with van der Waals surface area (Å²) >= 11 is 0. The molecular weight excluding hydrogens is 522 g/mol. The predicted molar refractivity (Wildman–Crippen MR) is 155 cm³/mol. The summed E-state index contributed by atoms with van der Waals surface area (Å²) < 4.78 is 5.52. The summed E-state index contributed by atoms with van der Waals surface area (Å²) in [6.07, 6.45) is 3.43. The monoisotopic (exact) mass is 560 g/mol. The maximum Gasteiger partial charge on any atom is 0.410 e. The van der Waals surface area contributed by atoms with Crippen molar-refractivity contribution in [3.8, 4) is 0 Å². The Kier molecular flexibility index (Phi) is 8.69. The van der Waals surface area contributed by atoms with Crippen molar-refractivity contribution in [2.45, 2.75) is 58.8 Å². The van der Waals surface area contributed by atoms with Crippen molar-refractivity contribution < 1.29 is 24.7 Å². The molecule has 0 spiro atoms. The summed E-state index contributed by atoms with van der Waals surface area (Å²) in [6, 6.07) is 11.2. The Morgan fingerprint density at radius 1 is 1.15 bits per heavy atom. The fraction of sp³-hybridized carbons (Fsp3) is 0.367. The second-order valence-corrected chi connectivity index (χ2v) is 11.4. The molecule has 0 saturated carbocycles. The number of aromatic nitrogens is 3. The van der Waals surface area contributed by atoms with Crippen LogP contribution in [-0.4, -0.2) is 55.6 Å². The van der Waals surface area contributed by atoms with Gasteiger partial charge in [-0.15, -0.1) is 6.58 Å². The minimum atomic E-state index is -1.12. The number of benzene rings is 1. The van der Waals surface area contributed by atoms with Crippen LogP contribution in [0.2, 0.25) is 0 Å². The lowest BCUT2D eigenvalue weighted by Gasteiger charge is -2.31. The lowest BCUT2D eigenvalue weighted by atomic mass is 9.99. The van der Waals surface area contributed by atoms with E-state index < -0.39 is 11.2 Å². The number of fused-ring (bicyclic) bond motifs is 1. The van der Waals surface area contributed by atoms with Crippen LogP contribution >= 0.6 is 0 Å². The smallest absolute Gasteiger partial charge is 0.410 e. The van der Waals surface area contributed by atoms with Crippen LogP contribution in [-0.2, 0) is 23.3 Å². The third-order valence-electron chi connectivity index (χ3n) is 6.28. The number of carbonyl (C=O) groups is 2. The molecule has 0 radical (unpaired) electrons. The molecule has 0 aliphatic carbocycles. The van der Waals surface area contributed by atoms with Gasteiger partial charge in [-0.2, -0.15) is 9.97 Å². The summed E-state index contributed by atoms with van der Waals surface area (Å²) in [5.41, 5.74) is 2.06. The molecule has 1 aliphatic rings. The minimum absolute atomic E-state index is 0.278. The van der Waals surface area contributed by atoms with Crippen LogP contribution in [0.4, 0.5) is 28.1 Å². The van der Waals surface area contributed by atoms with E-state index in [1.165, 1.54) is 6.20 Å². The van der Waals surface area contributed by atoms with Crippen molar-refractivity contribution >= 4 is 35.3 Å². The molecule has 11 nitrogen and oxygen atoms in total. The van der Waals surface area contributed by atoms with E-state index in [9.17, 15) is 14.7 Å². The first kappa shape index (κ1) is 29.6. The van der Waals surface area contributed by atoms with Gasteiger partial charge in [0.25, 0.3) is 5.91 Å². The summed E-state index contributed by atoms with van der Waals surface area (Å²) in [7, 11) is 0. The number of quaternary nitrogens is 1. The van der Waals surface area contributed by atoms with Crippen molar-refractivity contribution in [2.75, 3.05) is 18.4 Å². The first-order valence-electron chi connectivity index (χ1n) is 13.5. The lowest BCUT2D eigenvalue weighted by molar-refractivity contribution is -0.487. The molecule has 0 saturated heterocycles. The molecule has 1 aliphatic heterocycles. The molecule has 5 N–H and O–H groups in total. The highest BCUT2D eigenvalue weighted by atomic mass is 16.6. The van der Waals surface area contributed by atoms with Gasteiger partial charge in [0.05, 0.1) is 11.9 Å². The highest BCUT2D eigenvalue weighted by Crippen LogP contribution is 2.26. The first-order valence-corrected chi connectivity index (χ1v) is 13.5. The quantitative estimate of drug-likeness (QED) is 0.306. The summed E-state index contributed by atoms with van der Waals surface area (Å²) in [5, 5.41) is 18.1. The molecule has 2 amide bonds. The lowest BCUT2D eigenvalue weighted by Crippen LogP contribution is -2.73. The molecule has 2 aromatic heterocycles. The van der Waals surface area contributed by atoms with Crippen molar-refractivity contribution in [3.63, 3.8) is 0 Å². The summed E-state index contributed by atoms with van der Waals surface area (Å²) in [4.78, 5) is 40.6. The number of hydrogen-bond acceptors (Lipinski definition) is 8. The van der Waals surface area contributed by atoms with E-state index in [2.05, 4.69) is 32.2 Å². The van der Waals surface area contributed by atoms with Crippen LogP contribution in [0.1, 0.15) is 61.8 Å².